The van der Waals surface area contributed by atoms with Gasteiger partial charge in [0.1, 0.15) is 0 Å². The van der Waals surface area contributed by atoms with Crippen molar-refractivity contribution in [1.82, 2.24) is 19.9 Å². The van der Waals surface area contributed by atoms with Crippen LogP contribution >= 0.6 is 0 Å². The number of aryl methyl sites for hydroxylation is 1. The first-order valence-electron chi connectivity index (χ1n) is 5.74. The number of aromatic nitrogens is 3. The van der Waals surface area contributed by atoms with Crippen molar-refractivity contribution < 1.29 is 0 Å². The van der Waals surface area contributed by atoms with E-state index in [1.54, 1.807) is 0 Å². The zero-order valence-electron chi connectivity index (χ0n) is 9.39. The molecule has 0 amide bonds. The Kier molecular flexibility index (Phi) is 4.19. The van der Waals surface area contributed by atoms with Gasteiger partial charge < -0.3 is 14.9 Å². The van der Waals surface area contributed by atoms with E-state index in [1.165, 1.54) is 18.5 Å². The standard InChI is InChI=1S/C12H18N4/c1(2-8-16-9-7-14-11-16)5-13-10-12-4-3-6-15-12/h3-4,6-7,9,11,13,15H,1-2,5,8,10H2. The third-order valence-corrected chi connectivity index (χ3v) is 2.56. The second-order valence-corrected chi connectivity index (χ2v) is 3.88. The number of aromatic amines is 1. The van der Waals surface area contributed by atoms with Crippen LogP contribution in [0.25, 0.3) is 0 Å². The lowest BCUT2D eigenvalue weighted by atomic mass is 10.3. The van der Waals surface area contributed by atoms with Gasteiger partial charge in [-0.1, -0.05) is 0 Å². The van der Waals surface area contributed by atoms with Gasteiger partial charge in [0.15, 0.2) is 0 Å². The Labute approximate surface area is 95.7 Å². The van der Waals surface area contributed by atoms with Gasteiger partial charge in [0, 0.05) is 37.4 Å². The fourth-order valence-electron chi connectivity index (χ4n) is 1.66. The summed E-state index contributed by atoms with van der Waals surface area (Å²) in [5, 5.41) is 3.41. The minimum atomic E-state index is 0.929. The van der Waals surface area contributed by atoms with Crippen LogP contribution in [0.1, 0.15) is 18.5 Å². The number of hydrogen-bond acceptors (Lipinski definition) is 2. The fourth-order valence-corrected chi connectivity index (χ4v) is 1.66. The van der Waals surface area contributed by atoms with Gasteiger partial charge in [0.05, 0.1) is 6.33 Å². The average molecular weight is 218 g/mol. The van der Waals surface area contributed by atoms with Gasteiger partial charge in [-0.25, -0.2) is 4.98 Å². The van der Waals surface area contributed by atoms with Gasteiger partial charge in [-0.2, -0.15) is 0 Å². The van der Waals surface area contributed by atoms with Crippen LogP contribution in [-0.2, 0) is 13.1 Å². The van der Waals surface area contributed by atoms with Gasteiger partial charge in [-0.05, 0) is 31.5 Å². The van der Waals surface area contributed by atoms with E-state index in [-0.39, 0.29) is 0 Å². The Morgan fingerprint density at radius 2 is 2.38 bits per heavy atom. The number of nitrogens with zero attached hydrogens (tertiary/aromatic N) is 2. The Balaban J connectivity index is 1.49. The summed E-state index contributed by atoms with van der Waals surface area (Å²) in [5.74, 6) is 0. The van der Waals surface area contributed by atoms with Crippen molar-refractivity contribution in [2.75, 3.05) is 6.54 Å². The monoisotopic (exact) mass is 218 g/mol. The molecule has 0 aliphatic carbocycles. The smallest absolute Gasteiger partial charge is 0.0945 e. The lowest BCUT2D eigenvalue weighted by Crippen LogP contribution is -2.15. The first kappa shape index (κ1) is 11.0. The van der Waals surface area contributed by atoms with Crippen LogP contribution in [0.5, 0.6) is 0 Å². The van der Waals surface area contributed by atoms with Crippen LogP contribution in [-0.4, -0.2) is 21.1 Å². The third-order valence-electron chi connectivity index (χ3n) is 2.56. The molecule has 0 aromatic carbocycles. The molecule has 0 bridgehead atoms. The van der Waals surface area contributed by atoms with Crippen molar-refractivity contribution >= 4 is 0 Å². The zero-order valence-corrected chi connectivity index (χ0v) is 9.39. The van der Waals surface area contributed by atoms with Crippen LogP contribution in [0.4, 0.5) is 0 Å². The molecule has 16 heavy (non-hydrogen) atoms. The lowest BCUT2D eigenvalue weighted by molar-refractivity contribution is 0.566. The van der Waals surface area contributed by atoms with Crippen LogP contribution in [0, 0.1) is 0 Å². The topological polar surface area (TPSA) is 45.6 Å². The van der Waals surface area contributed by atoms with Gasteiger partial charge in [-0.15, -0.1) is 0 Å². The first-order valence-corrected chi connectivity index (χ1v) is 5.74. The van der Waals surface area contributed by atoms with Crippen LogP contribution in [0.15, 0.2) is 37.1 Å². The number of H-pyrrole nitrogens is 1. The maximum atomic E-state index is 4.01. The van der Waals surface area contributed by atoms with E-state index in [0.717, 1.165) is 19.6 Å². The Morgan fingerprint density at radius 1 is 1.38 bits per heavy atom. The predicted octanol–water partition coefficient (Wildman–Crippen LogP) is 1.78. The van der Waals surface area contributed by atoms with Crippen molar-refractivity contribution in [3.05, 3.63) is 42.7 Å². The van der Waals surface area contributed by atoms with Crippen molar-refractivity contribution in [1.29, 1.82) is 0 Å². The van der Waals surface area contributed by atoms with Gasteiger partial charge >= 0.3 is 0 Å². The SMILES string of the molecule is c1c[nH]c(CNCCCCn2ccnc2)c1. The maximum absolute atomic E-state index is 4.01. The number of unbranched alkanes of at least 4 members (excludes halogenated alkanes) is 1. The minimum absolute atomic E-state index is 0.929. The van der Waals surface area contributed by atoms with Gasteiger partial charge in [0.2, 0.25) is 0 Å². The van der Waals surface area contributed by atoms with Gasteiger partial charge in [-0.3, -0.25) is 0 Å². The molecular weight excluding hydrogens is 200 g/mol. The second-order valence-electron chi connectivity index (χ2n) is 3.88. The van der Waals surface area contributed by atoms with E-state index in [2.05, 4.69) is 25.9 Å². The molecule has 2 aromatic rings. The molecule has 0 unspecified atom stereocenters. The molecule has 4 heteroatoms. The maximum Gasteiger partial charge on any atom is 0.0945 e. The molecule has 0 aliphatic rings. The highest BCUT2D eigenvalue weighted by molar-refractivity contribution is 5.02. The molecule has 86 valence electrons. The summed E-state index contributed by atoms with van der Waals surface area (Å²) < 4.78 is 2.12. The number of imidazole rings is 1. The molecule has 2 heterocycles. The number of hydrogen-bond donors (Lipinski definition) is 2. The molecular formula is C12H18N4. The fraction of sp³-hybridized carbons (Fsp3) is 0.417. The molecule has 0 aliphatic heterocycles. The number of rotatable bonds is 7. The molecule has 0 spiro atoms. The molecule has 0 saturated heterocycles. The Hall–Kier alpha value is -1.55. The highest BCUT2D eigenvalue weighted by atomic mass is 15.0. The van der Waals surface area contributed by atoms with E-state index >= 15 is 0 Å². The van der Waals surface area contributed by atoms with Crippen molar-refractivity contribution in [2.45, 2.75) is 25.9 Å². The minimum Gasteiger partial charge on any atom is -0.364 e. The quantitative estimate of drug-likeness (QED) is 0.696. The molecule has 0 saturated carbocycles. The Bertz CT molecular complexity index is 325. The summed E-state index contributed by atoms with van der Waals surface area (Å²) in [5.41, 5.74) is 1.25. The lowest BCUT2D eigenvalue weighted by Gasteiger charge is -2.04. The average Bonchev–Trinajstić information content (AvgIpc) is 2.96. The second kappa shape index (κ2) is 6.12. The molecule has 0 fully saturated rings. The summed E-state index contributed by atoms with van der Waals surface area (Å²) in [7, 11) is 0. The Morgan fingerprint density at radius 3 is 3.12 bits per heavy atom. The van der Waals surface area contributed by atoms with E-state index in [4.69, 9.17) is 0 Å². The predicted molar refractivity (Wildman–Crippen MR) is 64.0 cm³/mol. The van der Waals surface area contributed by atoms with Crippen molar-refractivity contribution in [3.8, 4) is 0 Å². The largest absolute Gasteiger partial charge is 0.364 e. The summed E-state index contributed by atoms with van der Waals surface area (Å²) >= 11 is 0. The van der Waals surface area contributed by atoms with Crippen molar-refractivity contribution in [3.63, 3.8) is 0 Å². The molecule has 0 atom stereocenters. The normalized spacial score (nSPS) is 10.8. The summed E-state index contributed by atoms with van der Waals surface area (Å²) in [6, 6.07) is 4.12. The van der Waals surface area contributed by atoms with Crippen LogP contribution < -0.4 is 5.32 Å². The molecule has 2 N–H and O–H groups in total. The van der Waals surface area contributed by atoms with E-state index in [0.29, 0.717) is 0 Å². The summed E-state index contributed by atoms with van der Waals surface area (Å²) in [4.78, 5) is 7.19. The first-order chi connectivity index (χ1) is 7.95. The van der Waals surface area contributed by atoms with Crippen molar-refractivity contribution in [2.24, 2.45) is 0 Å². The summed E-state index contributed by atoms with van der Waals surface area (Å²) in [6.07, 6.45) is 10.0. The summed E-state index contributed by atoms with van der Waals surface area (Å²) in [6.45, 7) is 3.05. The third kappa shape index (κ3) is 3.55. The van der Waals surface area contributed by atoms with E-state index < -0.39 is 0 Å². The molecule has 2 aromatic heterocycles. The van der Waals surface area contributed by atoms with E-state index in [9.17, 15) is 0 Å². The van der Waals surface area contributed by atoms with Gasteiger partial charge in [0.25, 0.3) is 0 Å². The van der Waals surface area contributed by atoms with Crippen LogP contribution in [0.2, 0.25) is 0 Å². The number of nitrogens with one attached hydrogen (secondary N) is 2. The molecule has 0 radical (unpaired) electrons. The highest BCUT2D eigenvalue weighted by Crippen LogP contribution is 1.96. The van der Waals surface area contributed by atoms with Crippen LogP contribution in [0.3, 0.4) is 0 Å². The molecule has 2 rings (SSSR count). The zero-order chi connectivity index (χ0) is 11.1. The molecule has 4 nitrogen and oxygen atoms in total. The van der Waals surface area contributed by atoms with E-state index in [1.807, 2.05) is 31.0 Å². The highest BCUT2D eigenvalue weighted by Gasteiger charge is 1.93.